The summed E-state index contributed by atoms with van der Waals surface area (Å²) in [5, 5.41) is 0. The summed E-state index contributed by atoms with van der Waals surface area (Å²) in [5.41, 5.74) is 7.55. The van der Waals surface area contributed by atoms with Gasteiger partial charge >= 0.3 is 0 Å². The molecule has 0 saturated carbocycles. The molecule has 0 amide bonds. The van der Waals surface area contributed by atoms with Gasteiger partial charge in [0, 0.05) is 5.70 Å². The Morgan fingerprint density at radius 2 is 2.56 bits per heavy atom. The molecule has 1 heterocycles. The summed E-state index contributed by atoms with van der Waals surface area (Å²) < 4.78 is 0. The zero-order chi connectivity index (χ0) is 6.69. The van der Waals surface area contributed by atoms with Crippen LogP contribution in [0.25, 0.3) is 0 Å². The molecular formula is C7H9BN. The molecule has 0 aromatic carbocycles. The van der Waals surface area contributed by atoms with Gasteiger partial charge in [-0.05, 0) is 11.9 Å². The minimum atomic E-state index is 0.840. The first-order valence-electron chi connectivity index (χ1n) is 2.95. The Balaban J connectivity index is 2.84. The molecule has 0 aromatic heterocycles. The van der Waals surface area contributed by atoms with E-state index in [-0.39, 0.29) is 0 Å². The molecule has 45 valence electrons. The van der Waals surface area contributed by atoms with Crippen LogP contribution in [0.1, 0.15) is 0 Å². The van der Waals surface area contributed by atoms with E-state index in [0.717, 1.165) is 17.6 Å². The molecule has 2 heteroatoms. The zero-order valence-corrected chi connectivity index (χ0v) is 5.30. The lowest BCUT2D eigenvalue weighted by Gasteiger charge is -2.06. The molecule has 1 aliphatic rings. The third-order valence-corrected chi connectivity index (χ3v) is 1.37. The summed E-state index contributed by atoms with van der Waals surface area (Å²) >= 11 is 0. The van der Waals surface area contributed by atoms with Gasteiger partial charge in [-0.15, -0.1) is 5.98 Å². The van der Waals surface area contributed by atoms with Crippen molar-refractivity contribution in [1.82, 2.24) is 0 Å². The molecule has 1 rings (SSSR count). The average Bonchev–Trinajstić information content (AvgIpc) is 1.89. The first-order chi connectivity index (χ1) is 4.34. The third-order valence-electron chi connectivity index (χ3n) is 1.37. The number of nitrogens with two attached hydrogens (primary N) is 1. The Morgan fingerprint density at radius 3 is 3.00 bits per heavy atom. The van der Waals surface area contributed by atoms with Gasteiger partial charge in [-0.2, -0.15) is 0 Å². The van der Waals surface area contributed by atoms with Crippen molar-refractivity contribution in [3.05, 3.63) is 36.0 Å². The van der Waals surface area contributed by atoms with E-state index < -0.39 is 0 Å². The predicted molar refractivity (Wildman–Crippen MR) is 41.1 cm³/mol. The van der Waals surface area contributed by atoms with Gasteiger partial charge in [-0.3, -0.25) is 0 Å². The molecule has 0 bridgehead atoms. The fourth-order valence-corrected chi connectivity index (χ4v) is 0.793. The SMILES string of the molecule is C=CC1=C(N)C=C[B]C1. The Morgan fingerprint density at radius 1 is 1.78 bits per heavy atom. The number of allylic oxidation sites excluding steroid dienone is 3. The maximum atomic E-state index is 5.59. The number of rotatable bonds is 1. The molecule has 0 unspecified atom stereocenters. The van der Waals surface area contributed by atoms with Crippen LogP contribution in [-0.4, -0.2) is 7.28 Å². The van der Waals surface area contributed by atoms with Crippen molar-refractivity contribution in [2.24, 2.45) is 5.73 Å². The number of hydrogen-bond donors (Lipinski definition) is 1. The normalized spacial score (nSPS) is 17.3. The van der Waals surface area contributed by atoms with Gasteiger partial charge in [0.25, 0.3) is 0 Å². The van der Waals surface area contributed by atoms with Crippen LogP contribution in [0.5, 0.6) is 0 Å². The summed E-state index contributed by atoms with van der Waals surface area (Å²) in [6.45, 7) is 3.64. The molecule has 0 spiro atoms. The molecule has 0 aromatic rings. The maximum absolute atomic E-state index is 5.59. The first-order valence-corrected chi connectivity index (χ1v) is 2.95. The molecule has 0 atom stereocenters. The zero-order valence-electron chi connectivity index (χ0n) is 5.30. The molecule has 1 aliphatic heterocycles. The van der Waals surface area contributed by atoms with Gasteiger partial charge in [0.15, 0.2) is 0 Å². The summed E-state index contributed by atoms with van der Waals surface area (Å²) in [6.07, 6.45) is 4.61. The largest absolute Gasteiger partial charge is 0.399 e. The first kappa shape index (κ1) is 6.21. The highest BCUT2D eigenvalue weighted by molar-refractivity contribution is 6.43. The highest BCUT2D eigenvalue weighted by atomic mass is 14.6. The Labute approximate surface area is 56.2 Å². The van der Waals surface area contributed by atoms with Crippen LogP contribution in [0.2, 0.25) is 6.32 Å². The van der Waals surface area contributed by atoms with Gasteiger partial charge in [-0.25, -0.2) is 0 Å². The van der Waals surface area contributed by atoms with E-state index in [9.17, 15) is 0 Å². The van der Waals surface area contributed by atoms with Crippen LogP contribution < -0.4 is 5.73 Å². The maximum Gasteiger partial charge on any atom is 0.146 e. The van der Waals surface area contributed by atoms with E-state index in [4.69, 9.17) is 5.73 Å². The van der Waals surface area contributed by atoms with Crippen LogP contribution in [0, 0.1) is 0 Å². The second-order valence-corrected chi connectivity index (χ2v) is 1.98. The van der Waals surface area contributed by atoms with Crippen molar-refractivity contribution in [2.45, 2.75) is 6.32 Å². The second-order valence-electron chi connectivity index (χ2n) is 1.98. The predicted octanol–water partition coefficient (Wildman–Crippen LogP) is 1.03. The van der Waals surface area contributed by atoms with Crippen molar-refractivity contribution in [3.8, 4) is 0 Å². The van der Waals surface area contributed by atoms with E-state index in [1.807, 2.05) is 12.1 Å². The second kappa shape index (κ2) is 2.58. The number of hydrogen-bond acceptors (Lipinski definition) is 1. The highest BCUT2D eigenvalue weighted by Gasteiger charge is 2.00. The minimum absolute atomic E-state index is 0.840. The van der Waals surface area contributed by atoms with E-state index in [0.29, 0.717) is 0 Å². The minimum Gasteiger partial charge on any atom is -0.399 e. The monoisotopic (exact) mass is 118 g/mol. The lowest BCUT2D eigenvalue weighted by molar-refractivity contribution is 1.30. The van der Waals surface area contributed by atoms with Crippen molar-refractivity contribution >= 4 is 7.28 Å². The summed E-state index contributed by atoms with van der Waals surface area (Å²) in [4.78, 5) is 0. The molecule has 9 heavy (non-hydrogen) atoms. The molecule has 1 radical (unpaired) electrons. The molecule has 0 fully saturated rings. The quantitative estimate of drug-likeness (QED) is 0.511. The van der Waals surface area contributed by atoms with Gasteiger partial charge in [0.2, 0.25) is 0 Å². The van der Waals surface area contributed by atoms with Crippen molar-refractivity contribution in [1.29, 1.82) is 0 Å². The topological polar surface area (TPSA) is 26.0 Å². The van der Waals surface area contributed by atoms with Crippen molar-refractivity contribution < 1.29 is 0 Å². The van der Waals surface area contributed by atoms with Crippen LogP contribution in [0.3, 0.4) is 0 Å². The molecule has 1 nitrogen and oxygen atoms in total. The highest BCUT2D eigenvalue weighted by Crippen LogP contribution is 2.11. The molecule has 0 saturated heterocycles. The van der Waals surface area contributed by atoms with E-state index in [1.54, 1.807) is 6.08 Å². The van der Waals surface area contributed by atoms with Crippen LogP contribution >= 0.6 is 0 Å². The molecule has 0 aliphatic carbocycles. The van der Waals surface area contributed by atoms with Crippen LogP contribution in [0.4, 0.5) is 0 Å². The average molecular weight is 118 g/mol. The van der Waals surface area contributed by atoms with E-state index in [1.165, 1.54) is 0 Å². The Bertz CT molecular complexity index is 179. The lowest BCUT2D eigenvalue weighted by atomic mass is 9.68. The fourth-order valence-electron chi connectivity index (χ4n) is 0.793. The summed E-state index contributed by atoms with van der Waals surface area (Å²) in [6, 6.07) is 0. The molecule has 2 N–H and O–H groups in total. The Hall–Kier alpha value is -0.915. The summed E-state index contributed by atoms with van der Waals surface area (Å²) in [7, 11) is 2.06. The van der Waals surface area contributed by atoms with E-state index >= 15 is 0 Å². The van der Waals surface area contributed by atoms with Crippen LogP contribution in [-0.2, 0) is 0 Å². The van der Waals surface area contributed by atoms with Crippen molar-refractivity contribution in [2.75, 3.05) is 0 Å². The van der Waals surface area contributed by atoms with Crippen molar-refractivity contribution in [3.63, 3.8) is 0 Å². The smallest absolute Gasteiger partial charge is 0.146 e. The standard InChI is InChI=1S/C7H9BN/c1-2-6-5-8-4-3-7(6)9/h2-4H,1,5,9H2. The third kappa shape index (κ3) is 1.25. The van der Waals surface area contributed by atoms with Gasteiger partial charge in [0.05, 0.1) is 0 Å². The van der Waals surface area contributed by atoms with Gasteiger partial charge in [0.1, 0.15) is 7.28 Å². The molecular weight excluding hydrogens is 109 g/mol. The van der Waals surface area contributed by atoms with Crippen LogP contribution in [0.15, 0.2) is 36.0 Å². The lowest BCUT2D eigenvalue weighted by Crippen LogP contribution is -2.04. The summed E-state index contributed by atoms with van der Waals surface area (Å²) in [5.74, 6) is 1.96. The Kier molecular flexibility index (Phi) is 1.78. The van der Waals surface area contributed by atoms with Gasteiger partial charge < -0.3 is 5.73 Å². The van der Waals surface area contributed by atoms with Gasteiger partial charge in [-0.1, -0.05) is 18.7 Å². The van der Waals surface area contributed by atoms with E-state index in [2.05, 4.69) is 13.9 Å². The fraction of sp³-hybridized carbons (Fsp3) is 0.143.